The molecule has 0 saturated carbocycles. The number of hydrogen-bond donors (Lipinski definition) is 2. The first kappa shape index (κ1) is 11.3. The lowest BCUT2D eigenvalue weighted by Gasteiger charge is -2.26. The van der Waals surface area contributed by atoms with Crippen molar-refractivity contribution in [1.82, 2.24) is 5.32 Å². The zero-order valence-electron chi connectivity index (χ0n) is 8.57. The summed E-state index contributed by atoms with van der Waals surface area (Å²) in [5.41, 5.74) is 1.06. The van der Waals surface area contributed by atoms with Crippen molar-refractivity contribution in [1.29, 1.82) is 0 Å². The minimum Gasteiger partial charge on any atom is -0.492 e. The quantitative estimate of drug-likeness (QED) is 0.878. The Balaban J connectivity index is 2.19. The van der Waals surface area contributed by atoms with Gasteiger partial charge in [0, 0.05) is 18.0 Å². The number of benzene rings is 1. The van der Waals surface area contributed by atoms with Crippen molar-refractivity contribution >= 4 is 22.0 Å². The van der Waals surface area contributed by atoms with Gasteiger partial charge >= 0.3 is 6.09 Å². The number of amides is 1. The van der Waals surface area contributed by atoms with E-state index in [-0.39, 0.29) is 5.92 Å². The molecule has 4 nitrogen and oxygen atoms in total. The molecular weight excluding hydrogens is 274 g/mol. The lowest BCUT2D eigenvalue weighted by Crippen LogP contribution is -2.29. The fourth-order valence-corrected chi connectivity index (χ4v) is 2.38. The first-order valence-electron chi connectivity index (χ1n) is 5.06. The molecule has 1 heterocycles. The number of para-hydroxylation sites is 1. The summed E-state index contributed by atoms with van der Waals surface area (Å²) in [6.45, 7) is 1.06. The summed E-state index contributed by atoms with van der Waals surface area (Å²) in [5.74, 6) is 1.03. The highest BCUT2D eigenvalue weighted by Crippen LogP contribution is 2.38. The summed E-state index contributed by atoms with van der Waals surface area (Å²) in [5, 5.41) is 11.0. The van der Waals surface area contributed by atoms with Gasteiger partial charge < -0.3 is 15.2 Å². The van der Waals surface area contributed by atoms with Gasteiger partial charge in [0.25, 0.3) is 0 Å². The van der Waals surface area contributed by atoms with Gasteiger partial charge in [-0.3, -0.25) is 0 Å². The third-order valence-electron chi connectivity index (χ3n) is 2.65. The Hall–Kier alpha value is -1.23. The van der Waals surface area contributed by atoms with E-state index in [4.69, 9.17) is 9.84 Å². The number of rotatable bonds is 2. The summed E-state index contributed by atoms with van der Waals surface area (Å²) in [4.78, 5) is 10.5. The van der Waals surface area contributed by atoms with Crippen LogP contribution in [0.4, 0.5) is 4.79 Å². The maximum absolute atomic E-state index is 10.5. The normalized spacial score (nSPS) is 18.4. The topological polar surface area (TPSA) is 58.6 Å². The molecule has 16 heavy (non-hydrogen) atoms. The van der Waals surface area contributed by atoms with Crippen LogP contribution in [0.25, 0.3) is 0 Å². The van der Waals surface area contributed by atoms with Crippen molar-refractivity contribution in [2.75, 3.05) is 13.2 Å². The van der Waals surface area contributed by atoms with Gasteiger partial charge in [-0.05, 0) is 28.4 Å². The molecule has 0 radical (unpaired) electrons. The maximum atomic E-state index is 10.5. The second kappa shape index (κ2) is 4.74. The van der Waals surface area contributed by atoms with Crippen LogP contribution in [0, 0.1) is 0 Å². The smallest absolute Gasteiger partial charge is 0.404 e. The van der Waals surface area contributed by atoms with Crippen molar-refractivity contribution in [3.63, 3.8) is 0 Å². The molecule has 1 aromatic rings. The summed E-state index contributed by atoms with van der Waals surface area (Å²) < 4.78 is 6.49. The first-order chi connectivity index (χ1) is 7.68. The van der Waals surface area contributed by atoms with Gasteiger partial charge in [-0.25, -0.2) is 4.79 Å². The van der Waals surface area contributed by atoms with Crippen LogP contribution >= 0.6 is 15.9 Å². The number of carbonyl (C=O) groups is 1. The van der Waals surface area contributed by atoms with E-state index in [0.717, 1.165) is 22.2 Å². The zero-order valence-corrected chi connectivity index (χ0v) is 10.2. The predicted octanol–water partition coefficient (Wildman–Crippen LogP) is 2.58. The van der Waals surface area contributed by atoms with Crippen LogP contribution in [0.5, 0.6) is 5.75 Å². The molecule has 0 aromatic heterocycles. The van der Waals surface area contributed by atoms with Crippen LogP contribution in [0.1, 0.15) is 17.9 Å². The lowest BCUT2D eigenvalue weighted by atomic mass is 9.93. The molecule has 1 amide bonds. The van der Waals surface area contributed by atoms with Crippen LogP contribution in [0.2, 0.25) is 0 Å². The van der Waals surface area contributed by atoms with E-state index in [1.165, 1.54) is 0 Å². The Kier molecular flexibility index (Phi) is 3.33. The Morgan fingerprint density at radius 2 is 2.44 bits per heavy atom. The number of ether oxygens (including phenoxy) is 1. The largest absolute Gasteiger partial charge is 0.492 e. The van der Waals surface area contributed by atoms with Crippen molar-refractivity contribution in [3.8, 4) is 5.75 Å². The van der Waals surface area contributed by atoms with E-state index in [2.05, 4.69) is 21.2 Å². The molecule has 1 aromatic carbocycles. The molecular formula is C11H12BrNO3. The van der Waals surface area contributed by atoms with E-state index < -0.39 is 6.09 Å². The third-order valence-corrected chi connectivity index (χ3v) is 3.27. The van der Waals surface area contributed by atoms with Gasteiger partial charge in [0.05, 0.1) is 11.1 Å². The Labute approximate surface area is 102 Å². The summed E-state index contributed by atoms with van der Waals surface area (Å²) in [6.07, 6.45) is -0.146. The molecule has 2 N–H and O–H groups in total. The van der Waals surface area contributed by atoms with Gasteiger partial charge in [0.2, 0.25) is 0 Å². The Bertz CT molecular complexity index is 408. The number of halogens is 1. The number of nitrogens with one attached hydrogen (secondary N) is 1. The molecule has 5 heteroatoms. The molecule has 1 aliphatic rings. The Morgan fingerprint density at radius 1 is 1.62 bits per heavy atom. The predicted molar refractivity (Wildman–Crippen MR) is 63.0 cm³/mol. The van der Waals surface area contributed by atoms with E-state index in [0.29, 0.717) is 13.2 Å². The maximum Gasteiger partial charge on any atom is 0.404 e. The van der Waals surface area contributed by atoms with Crippen LogP contribution in [-0.4, -0.2) is 24.4 Å². The molecule has 1 aliphatic heterocycles. The highest BCUT2D eigenvalue weighted by atomic mass is 79.9. The minimum atomic E-state index is -0.983. The molecule has 0 spiro atoms. The fourth-order valence-electron chi connectivity index (χ4n) is 1.88. The second-order valence-corrected chi connectivity index (χ2v) is 4.53. The summed E-state index contributed by atoms with van der Waals surface area (Å²) in [7, 11) is 0. The highest BCUT2D eigenvalue weighted by Gasteiger charge is 2.23. The standard InChI is InChI=1S/C11H12BrNO3/c12-9-3-1-2-8-7(6-13-11(14)15)4-5-16-10(8)9/h1-3,7,13H,4-6H2,(H,14,15)/t7-/m0/s1. The zero-order chi connectivity index (χ0) is 11.5. The molecule has 0 unspecified atom stereocenters. The van der Waals surface area contributed by atoms with E-state index in [9.17, 15) is 4.79 Å². The van der Waals surface area contributed by atoms with Crippen LogP contribution in [0.15, 0.2) is 22.7 Å². The van der Waals surface area contributed by atoms with Crippen molar-refractivity contribution in [3.05, 3.63) is 28.2 Å². The van der Waals surface area contributed by atoms with Crippen LogP contribution < -0.4 is 10.1 Å². The van der Waals surface area contributed by atoms with Gasteiger partial charge in [0.1, 0.15) is 5.75 Å². The molecule has 86 valence electrons. The average molecular weight is 286 g/mol. The van der Waals surface area contributed by atoms with E-state index in [1.54, 1.807) is 0 Å². The van der Waals surface area contributed by atoms with Gasteiger partial charge in [-0.1, -0.05) is 12.1 Å². The molecule has 2 rings (SSSR count). The lowest BCUT2D eigenvalue weighted by molar-refractivity contribution is 0.191. The van der Waals surface area contributed by atoms with Gasteiger partial charge in [-0.15, -0.1) is 0 Å². The van der Waals surface area contributed by atoms with Crippen LogP contribution in [0.3, 0.4) is 0 Å². The van der Waals surface area contributed by atoms with E-state index in [1.807, 2.05) is 18.2 Å². The van der Waals surface area contributed by atoms with Crippen molar-refractivity contribution in [2.45, 2.75) is 12.3 Å². The Morgan fingerprint density at radius 3 is 3.19 bits per heavy atom. The number of carboxylic acid groups (broad SMARTS) is 1. The molecule has 0 aliphatic carbocycles. The summed E-state index contributed by atoms with van der Waals surface area (Å²) in [6, 6.07) is 5.84. The highest BCUT2D eigenvalue weighted by molar-refractivity contribution is 9.10. The fraction of sp³-hybridized carbons (Fsp3) is 0.364. The average Bonchev–Trinajstić information content (AvgIpc) is 2.27. The van der Waals surface area contributed by atoms with E-state index >= 15 is 0 Å². The first-order valence-corrected chi connectivity index (χ1v) is 5.86. The SMILES string of the molecule is O=C(O)NC[C@@H]1CCOc2c(Br)cccc21. The van der Waals surface area contributed by atoms with Crippen molar-refractivity contribution in [2.24, 2.45) is 0 Å². The molecule has 0 fully saturated rings. The summed E-state index contributed by atoms with van der Waals surface area (Å²) >= 11 is 3.43. The monoisotopic (exact) mass is 285 g/mol. The molecule has 1 atom stereocenters. The second-order valence-electron chi connectivity index (χ2n) is 3.68. The third kappa shape index (κ3) is 2.29. The van der Waals surface area contributed by atoms with Gasteiger partial charge in [0.15, 0.2) is 0 Å². The van der Waals surface area contributed by atoms with Crippen LogP contribution in [-0.2, 0) is 0 Å². The molecule has 0 saturated heterocycles. The number of fused-ring (bicyclic) bond motifs is 1. The number of hydrogen-bond acceptors (Lipinski definition) is 2. The van der Waals surface area contributed by atoms with Gasteiger partial charge in [-0.2, -0.15) is 0 Å². The van der Waals surface area contributed by atoms with Crippen molar-refractivity contribution < 1.29 is 14.6 Å². The minimum absolute atomic E-state index is 0.192. The molecule has 0 bridgehead atoms.